The van der Waals surface area contributed by atoms with Gasteiger partial charge in [0, 0.05) is 6.54 Å². The molecule has 0 atom stereocenters. The highest BCUT2D eigenvalue weighted by Crippen LogP contribution is 2.25. The molecule has 0 aromatic carbocycles. The first-order chi connectivity index (χ1) is 8.40. The summed E-state index contributed by atoms with van der Waals surface area (Å²) in [4.78, 5) is 4.54. The topological polar surface area (TPSA) is 50.7 Å². The van der Waals surface area contributed by atoms with Crippen LogP contribution in [0.3, 0.4) is 0 Å². The van der Waals surface area contributed by atoms with E-state index in [4.69, 9.17) is 0 Å². The highest BCUT2D eigenvalue weighted by atomic mass is 15.2. The number of hydrogen-bond acceptors (Lipinski definition) is 4. The predicted octanol–water partition coefficient (Wildman–Crippen LogP) is 3.09. The molecule has 0 fully saturated rings. The number of aryl methyl sites for hydroxylation is 2. The third-order valence-electron chi connectivity index (χ3n) is 3.77. The van der Waals surface area contributed by atoms with Crippen LogP contribution in [0, 0.1) is 11.3 Å². The Bertz CT molecular complexity index is 385. The van der Waals surface area contributed by atoms with Crippen molar-refractivity contribution in [2.45, 2.75) is 54.4 Å². The molecule has 0 bridgehead atoms. The molecular formula is C14H26N4. The molecule has 0 spiro atoms. The number of hydrogen-bond donors (Lipinski definition) is 1. The van der Waals surface area contributed by atoms with E-state index in [-0.39, 0.29) is 5.41 Å². The van der Waals surface area contributed by atoms with E-state index in [0.717, 1.165) is 30.8 Å². The minimum atomic E-state index is 0.221. The average molecular weight is 250 g/mol. The lowest BCUT2D eigenvalue weighted by Crippen LogP contribution is -2.29. The van der Waals surface area contributed by atoms with Gasteiger partial charge in [-0.05, 0) is 24.2 Å². The van der Waals surface area contributed by atoms with Crippen molar-refractivity contribution in [3.05, 3.63) is 11.4 Å². The minimum Gasteiger partial charge on any atom is -0.352 e. The minimum absolute atomic E-state index is 0.221. The van der Waals surface area contributed by atoms with Gasteiger partial charge in [0.2, 0.25) is 5.95 Å². The van der Waals surface area contributed by atoms with Gasteiger partial charge in [0.05, 0.1) is 11.4 Å². The van der Waals surface area contributed by atoms with Gasteiger partial charge in [-0.15, -0.1) is 5.10 Å². The number of rotatable bonds is 6. The van der Waals surface area contributed by atoms with Crippen molar-refractivity contribution in [3.63, 3.8) is 0 Å². The van der Waals surface area contributed by atoms with Crippen LogP contribution in [0.1, 0.15) is 52.9 Å². The predicted molar refractivity (Wildman–Crippen MR) is 75.7 cm³/mol. The molecule has 0 aliphatic rings. The summed E-state index contributed by atoms with van der Waals surface area (Å²) in [6, 6.07) is 0. The van der Waals surface area contributed by atoms with Crippen molar-refractivity contribution in [2.24, 2.45) is 11.3 Å². The lowest BCUT2D eigenvalue weighted by atomic mass is 9.81. The maximum Gasteiger partial charge on any atom is 0.242 e. The van der Waals surface area contributed by atoms with Crippen molar-refractivity contribution in [1.82, 2.24) is 15.2 Å². The number of aromatic nitrogens is 3. The van der Waals surface area contributed by atoms with Gasteiger partial charge in [-0.1, -0.05) is 41.5 Å². The molecule has 0 aliphatic carbocycles. The van der Waals surface area contributed by atoms with Gasteiger partial charge in [-0.25, -0.2) is 4.98 Å². The quantitative estimate of drug-likeness (QED) is 0.843. The van der Waals surface area contributed by atoms with Gasteiger partial charge in [-0.3, -0.25) is 0 Å². The van der Waals surface area contributed by atoms with Gasteiger partial charge in [0.15, 0.2) is 0 Å². The van der Waals surface area contributed by atoms with Crippen molar-refractivity contribution in [2.75, 3.05) is 11.9 Å². The second-order valence-corrected chi connectivity index (χ2v) is 5.73. The van der Waals surface area contributed by atoms with Gasteiger partial charge < -0.3 is 5.32 Å². The lowest BCUT2D eigenvalue weighted by molar-refractivity contribution is 0.269. The summed E-state index contributed by atoms with van der Waals surface area (Å²) in [7, 11) is 0. The first kappa shape index (κ1) is 14.9. The molecule has 4 heteroatoms. The number of anilines is 1. The Morgan fingerprint density at radius 2 is 1.67 bits per heavy atom. The molecule has 1 N–H and O–H groups in total. The highest BCUT2D eigenvalue weighted by Gasteiger charge is 2.22. The van der Waals surface area contributed by atoms with Gasteiger partial charge in [0.25, 0.3) is 0 Å². The Hall–Kier alpha value is -1.19. The summed E-state index contributed by atoms with van der Waals surface area (Å²) in [5, 5.41) is 11.7. The van der Waals surface area contributed by atoms with E-state index < -0.39 is 0 Å². The van der Waals surface area contributed by atoms with Crippen LogP contribution in [-0.4, -0.2) is 21.7 Å². The van der Waals surface area contributed by atoms with Gasteiger partial charge in [-0.2, -0.15) is 5.10 Å². The third kappa shape index (κ3) is 3.65. The van der Waals surface area contributed by atoms with Gasteiger partial charge in [0.1, 0.15) is 0 Å². The molecule has 0 unspecified atom stereocenters. The van der Waals surface area contributed by atoms with Crippen molar-refractivity contribution < 1.29 is 0 Å². The van der Waals surface area contributed by atoms with Crippen LogP contribution in [0.4, 0.5) is 5.95 Å². The zero-order valence-electron chi connectivity index (χ0n) is 12.5. The van der Waals surface area contributed by atoms with Gasteiger partial charge >= 0.3 is 0 Å². The van der Waals surface area contributed by atoms with Crippen LogP contribution in [0.5, 0.6) is 0 Å². The summed E-state index contributed by atoms with van der Waals surface area (Å²) in [5.74, 6) is 1.26. The monoisotopic (exact) mass is 250 g/mol. The van der Waals surface area contributed by atoms with Crippen LogP contribution in [-0.2, 0) is 12.8 Å². The second-order valence-electron chi connectivity index (χ2n) is 5.73. The standard InChI is InChI=1S/C14H26N4/c1-7-11-12(8-2)17-18-13(16-11)15-9-14(5,6)10(3)4/h10H,7-9H2,1-6H3,(H,15,16,18). The average Bonchev–Trinajstić information content (AvgIpc) is 2.35. The Balaban J connectivity index is 2.74. The maximum atomic E-state index is 4.54. The lowest BCUT2D eigenvalue weighted by Gasteiger charge is -2.29. The number of nitrogens with one attached hydrogen (secondary N) is 1. The van der Waals surface area contributed by atoms with Crippen molar-refractivity contribution in [1.29, 1.82) is 0 Å². The first-order valence-corrected chi connectivity index (χ1v) is 6.87. The second kappa shape index (κ2) is 6.12. The maximum absolute atomic E-state index is 4.54. The molecule has 1 heterocycles. The Labute approximate surface area is 111 Å². The zero-order chi connectivity index (χ0) is 13.8. The van der Waals surface area contributed by atoms with E-state index in [1.54, 1.807) is 0 Å². The van der Waals surface area contributed by atoms with E-state index in [2.05, 4.69) is 62.0 Å². The molecule has 0 amide bonds. The zero-order valence-corrected chi connectivity index (χ0v) is 12.5. The molecule has 0 aliphatic heterocycles. The Kier molecular flexibility index (Phi) is 5.05. The summed E-state index contributed by atoms with van der Waals surface area (Å²) < 4.78 is 0. The smallest absolute Gasteiger partial charge is 0.242 e. The SMILES string of the molecule is CCc1nnc(NCC(C)(C)C(C)C)nc1CC. The Morgan fingerprint density at radius 3 is 2.17 bits per heavy atom. The molecular weight excluding hydrogens is 224 g/mol. The fourth-order valence-electron chi connectivity index (χ4n) is 1.52. The molecule has 1 aromatic heterocycles. The summed E-state index contributed by atoms with van der Waals surface area (Å²) >= 11 is 0. The largest absolute Gasteiger partial charge is 0.352 e. The molecule has 1 rings (SSSR count). The van der Waals surface area contributed by atoms with E-state index >= 15 is 0 Å². The van der Waals surface area contributed by atoms with Crippen molar-refractivity contribution >= 4 is 5.95 Å². The fourth-order valence-corrected chi connectivity index (χ4v) is 1.52. The van der Waals surface area contributed by atoms with E-state index in [1.165, 1.54) is 0 Å². The summed E-state index contributed by atoms with van der Waals surface area (Å²) in [5.41, 5.74) is 2.28. The van der Waals surface area contributed by atoms with E-state index in [0.29, 0.717) is 11.9 Å². The molecule has 0 saturated heterocycles. The van der Waals surface area contributed by atoms with Crippen LogP contribution in [0.25, 0.3) is 0 Å². The molecule has 4 nitrogen and oxygen atoms in total. The molecule has 102 valence electrons. The number of nitrogens with zero attached hydrogens (tertiary/aromatic N) is 3. The summed E-state index contributed by atoms with van der Waals surface area (Å²) in [6.45, 7) is 14.0. The molecule has 1 aromatic rings. The molecule has 0 radical (unpaired) electrons. The van der Waals surface area contributed by atoms with Crippen molar-refractivity contribution in [3.8, 4) is 0 Å². The van der Waals surface area contributed by atoms with Crippen LogP contribution >= 0.6 is 0 Å². The third-order valence-corrected chi connectivity index (χ3v) is 3.77. The molecule has 18 heavy (non-hydrogen) atoms. The van der Waals surface area contributed by atoms with Crippen LogP contribution < -0.4 is 5.32 Å². The molecule has 0 saturated carbocycles. The first-order valence-electron chi connectivity index (χ1n) is 6.87. The summed E-state index contributed by atoms with van der Waals surface area (Å²) in [6.07, 6.45) is 1.79. The van der Waals surface area contributed by atoms with Crippen LogP contribution in [0.15, 0.2) is 0 Å². The van der Waals surface area contributed by atoms with E-state index in [9.17, 15) is 0 Å². The van der Waals surface area contributed by atoms with E-state index in [1.807, 2.05) is 0 Å². The normalized spacial score (nSPS) is 11.9. The van der Waals surface area contributed by atoms with Crippen LogP contribution in [0.2, 0.25) is 0 Å². The highest BCUT2D eigenvalue weighted by molar-refractivity contribution is 5.26. The fraction of sp³-hybridized carbons (Fsp3) is 0.786. The Morgan fingerprint density at radius 1 is 1.06 bits per heavy atom.